The highest BCUT2D eigenvalue weighted by molar-refractivity contribution is 8.02. The number of aromatic nitrogens is 2. The van der Waals surface area contributed by atoms with Crippen LogP contribution < -0.4 is 4.31 Å². The molecule has 25 heavy (non-hydrogen) atoms. The van der Waals surface area contributed by atoms with Crippen LogP contribution in [0, 0.1) is 0 Å². The lowest BCUT2D eigenvalue weighted by molar-refractivity contribution is -0.135. The van der Waals surface area contributed by atoms with Crippen LogP contribution in [0.2, 0.25) is 0 Å². The van der Waals surface area contributed by atoms with E-state index in [1.54, 1.807) is 33.2 Å². The molecule has 8 heteroatoms. The molecule has 5 nitrogen and oxygen atoms in total. The van der Waals surface area contributed by atoms with E-state index in [2.05, 4.69) is 9.97 Å². The van der Waals surface area contributed by atoms with Gasteiger partial charge in [0, 0.05) is 17.0 Å². The zero-order valence-electron chi connectivity index (χ0n) is 12.9. The fraction of sp³-hybridized carbons (Fsp3) is 0.0588. The smallest absolute Gasteiger partial charge is 0.324 e. The average molecular weight is 388 g/mol. The number of para-hydroxylation sites is 1. The van der Waals surface area contributed by atoms with E-state index in [0.717, 1.165) is 31.5 Å². The van der Waals surface area contributed by atoms with E-state index in [0.29, 0.717) is 0 Å². The SMILES string of the molecule is O=C(O)CN(Sc1cccs1)c1cccc2cc(-c3nccs3)[nH]c12. The number of aliphatic carboxylic acids is 1. The molecule has 0 radical (unpaired) electrons. The van der Waals surface area contributed by atoms with Crippen LogP contribution in [0.5, 0.6) is 0 Å². The summed E-state index contributed by atoms with van der Waals surface area (Å²) in [7, 11) is 0. The standard InChI is InChI=1S/C17H13N3O2S3/c21-14(22)10-20(25-15-5-2-7-23-15)13-4-1-3-11-9-12(19-16(11)13)17-18-6-8-24-17/h1-9,19H,10H2,(H,21,22). The summed E-state index contributed by atoms with van der Waals surface area (Å²) in [6, 6.07) is 11.9. The summed E-state index contributed by atoms with van der Waals surface area (Å²) in [6.45, 7) is -0.0900. The van der Waals surface area contributed by atoms with Gasteiger partial charge in [0.15, 0.2) is 0 Å². The Bertz CT molecular complexity index is 994. The van der Waals surface area contributed by atoms with Gasteiger partial charge in [-0.25, -0.2) is 4.98 Å². The van der Waals surface area contributed by atoms with Crippen molar-refractivity contribution in [1.29, 1.82) is 0 Å². The Morgan fingerprint density at radius 2 is 2.16 bits per heavy atom. The molecule has 3 heterocycles. The number of fused-ring (bicyclic) bond motifs is 1. The summed E-state index contributed by atoms with van der Waals surface area (Å²) in [4.78, 5) is 19.1. The van der Waals surface area contributed by atoms with Crippen molar-refractivity contribution in [3.05, 3.63) is 53.4 Å². The second-order valence-electron chi connectivity index (χ2n) is 5.22. The van der Waals surface area contributed by atoms with Gasteiger partial charge in [-0.3, -0.25) is 9.10 Å². The largest absolute Gasteiger partial charge is 0.480 e. The molecule has 1 aromatic carbocycles. The number of thiazole rings is 1. The molecule has 0 aliphatic heterocycles. The first-order chi connectivity index (χ1) is 12.2. The maximum Gasteiger partial charge on any atom is 0.324 e. The van der Waals surface area contributed by atoms with Crippen LogP contribution in [0.1, 0.15) is 0 Å². The van der Waals surface area contributed by atoms with Gasteiger partial charge in [0.2, 0.25) is 0 Å². The first kappa shape index (κ1) is 16.2. The molecule has 0 unspecified atom stereocenters. The number of carbonyl (C=O) groups is 1. The fourth-order valence-electron chi connectivity index (χ4n) is 2.53. The molecule has 0 saturated heterocycles. The molecule has 0 bridgehead atoms. The fourth-order valence-corrected chi connectivity index (χ4v) is 4.98. The van der Waals surface area contributed by atoms with Gasteiger partial charge < -0.3 is 10.1 Å². The minimum absolute atomic E-state index is 0.0900. The molecular formula is C17H13N3O2S3. The quantitative estimate of drug-likeness (QED) is 0.458. The Kier molecular flexibility index (Phi) is 4.48. The summed E-state index contributed by atoms with van der Waals surface area (Å²) < 4.78 is 2.85. The number of anilines is 1. The van der Waals surface area contributed by atoms with Crippen molar-refractivity contribution in [3.63, 3.8) is 0 Å². The van der Waals surface area contributed by atoms with Gasteiger partial charge in [-0.2, -0.15) is 0 Å². The number of nitrogens with one attached hydrogen (secondary N) is 1. The van der Waals surface area contributed by atoms with E-state index in [4.69, 9.17) is 0 Å². The first-order valence-corrected chi connectivity index (χ1v) is 9.96. The maximum absolute atomic E-state index is 11.4. The lowest BCUT2D eigenvalue weighted by atomic mass is 10.2. The van der Waals surface area contributed by atoms with Crippen molar-refractivity contribution in [2.45, 2.75) is 4.21 Å². The predicted molar refractivity (Wildman–Crippen MR) is 105 cm³/mol. The van der Waals surface area contributed by atoms with Crippen molar-refractivity contribution in [2.75, 3.05) is 10.8 Å². The van der Waals surface area contributed by atoms with Crippen molar-refractivity contribution in [1.82, 2.24) is 9.97 Å². The van der Waals surface area contributed by atoms with Crippen LogP contribution in [-0.2, 0) is 4.79 Å². The molecule has 2 N–H and O–H groups in total. The molecule has 4 aromatic rings. The molecular weight excluding hydrogens is 374 g/mol. The molecule has 0 saturated carbocycles. The Morgan fingerprint density at radius 1 is 1.24 bits per heavy atom. The van der Waals surface area contributed by atoms with E-state index in [9.17, 15) is 9.90 Å². The van der Waals surface area contributed by atoms with Gasteiger partial charge in [-0.05, 0) is 35.5 Å². The molecule has 0 fully saturated rings. The van der Waals surface area contributed by atoms with E-state index >= 15 is 0 Å². The normalized spacial score (nSPS) is 11.0. The van der Waals surface area contributed by atoms with E-state index < -0.39 is 5.97 Å². The second-order valence-corrected chi connectivity index (χ2v) is 8.38. The Hall–Kier alpha value is -2.29. The topological polar surface area (TPSA) is 69.2 Å². The van der Waals surface area contributed by atoms with Gasteiger partial charge in [-0.1, -0.05) is 18.2 Å². The van der Waals surface area contributed by atoms with Crippen molar-refractivity contribution >= 4 is 57.2 Å². The van der Waals surface area contributed by atoms with Crippen LogP contribution >= 0.6 is 34.6 Å². The maximum atomic E-state index is 11.4. The van der Waals surface area contributed by atoms with Gasteiger partial charge in [0.05, 0.1) is 21.1 Å². The third-order valence-corrected chi connectivity index (χ3v) is 6.38. The highest BCUT2D eigenvalue weighted by Crippen LogP contribution is 2.37. The summed E-state index contributed by atoms with van der Waals surface area (Å²) >= 11 is 4.59. The molecule has 0 atom stereocenters. The number of rotatable bonds is 6. The lowest BCUT2D eigenvalue weighted by Crippen LogP contribution is -2.22. The zero-order chi connectivity index (χ0) is 17.2. The minimum Gasteiger partial charge on any atom is -0.480 e. The number of hydrogen-bond acceptors (Lipinski definition) is 6. The predicted octanol–water partition coefficient (Wildman–Crippen LogP) is 4.95. The highest BCUT2D eigenvalue weighted by atomic mass is 32.2. The molecule has 3 aromatic heterocycles. The third-order valence-electron chi connectivity index (χ3n) is 3.54. The summed E-state index contributed by atoms with van der Waals surface area (Å²) in [5.74, 6) is -0.868. The van der Waals surface area contributed by atoms with Crippen LogP contribution in [0.25, 0.3) is 21.6 Å². The van der Waals surface area contributed by atoms with Gasteiger partial charge in [0.1, 0.15) is 11.6 Å². The second kappa shape index (κ2) is 6.91. The van der Waals surface area contributed by atoms with Gasteiger partial charge in [-0.15, -0.1) is 22.7 Å². The van der Waals surface area contributed by atoms with Gasteiger partial charge >= 0.3 is 5.97 Å². The van der Waals surface area contributed by atoms with E-state index in [1.165, 1.54) is 11.9 Å². The number of nitrogens with zero attached hydrogens (tertiary/aromatic N) is 2. The Morgan fingerprint density at radius 3 is 2.88 bits per heavy atom. The molecule has 126 valence electrons. The van der Waals surface area contributed by atoms with Crippen molar-refractivity contribution in [2.24, 2.45) is 0 Å². The number of thiophene rings is 1. The lowest BCUT2D eigenvalue weighted by Gasteiger charge is -2.21. The van der Waals surface area contributed by atoms with E-state index in [1.807, 2.05) is 47.2 Å². The zero-order valence-corrected chi connectivity index (χ0v) is 15.3. The molecule has 0 spiro atoms. The molecule has 0 aliphatic carbocycles. The molecule has 0 aliphatic rings. The highest BCUT2D eigenvalue weighted by Gasteiger charge is 2.18. The van der Waals surface area contributed by atoms with Crippen molar-refractivity contribution < 1.29 is 9.90 Å². The van der Waals surface area contributed by atoms with Crippen LogP contribution in [0.15, 0.2) is 57.6 Å². The number of carboxylic acid groups (broad SMARTS) is 1. The molecule has 4 rings (SSSR count). The van der Waals surface area contributed by atoms with Crippen LogP contribution in [-0.4, -0.2) is 27.6 Å². The summed E-state index contributed by atoms with van der Waals surface area (Å²) in [5, 5.41) is 15.2. The van der Waals surface area contributed by atoms with Gasteiger partial charge in [0.25, 0.3) is 0 Å². The van der Waals surface area contributed by atoms with E-state index in [-0.39, 0.29) is 6.54 Å². The van der Waals surface area contributed by atoms with Crippen LogP contribution in [0.3, 0.4) is 0 Å². The number of benzene rings is 1. The number of H-pyrrole nitrogens is 1. The monoisotopic (exact) mass is 387 g/mol. The third kappa shape index (κ3) is 3.41. The van der Waals surface area contributed by atoms with Crippen molar-refractivity contribution in [3.8, 4) is 10.7 Å². The Balaban J connectivity index is 1.77. The summed E-state index contributed by atoms with van der Waals surface area (Å²) in [5.41, 5.74) is 2.70. The first-order valence-electron chi connectivity index (χ1n) is 7.43. The Labute approximate surface area is 156 Å². The summed E-state index contributed by atoms with van der Waals surface area (Å²) in [6.07, 6.45) is 1.77. The number of hydrogen-bond donors (Lipinski definition) is 2. The average Bonchev–Trinajstić information content (AvgIpc) is 3.33. The number of carboxylic acids is 1. The molecule has 0 amide bonds. The number of aromatic amines is 1. The van der Waals surface area contributed by atoms with Crippen LogP contribution in [0.4, 0.5) is 5.69 Å². The minimum atomic E-state index is -0.868.